The number of amides is 2. The summed E-state index contributed by atoms with van der Waals surface area (Å²) in [6, 6.07) is 3.62. The summed E-state index contributed by atoms with van der Waals surface area (Å²) in [7, 11) is 0. The third kappa shape index (κ3) is 4.17. The molecule has 5 rings (SSSR count). The Balaban J connectivity index is 1.27. The molecular weight excluding hydrogens is 498 g/mol. The van der Waals surface area contributed by atoms with Crippen LogP contribution in [0.2, 0.25) is 0 Å². The summed E-state index contributed by atoms with van der Waals surface area (Å²) in [6.45, 7) is 2.45. The Bertz CT molecular complexity index is 1220. The number of ether oxygens (including phenoxy) is 1. The minimum Gasteiger partial charge on any atom is -0.493 e. The van der Waals surface area contributed by atoms with E-state index in [2.05, 4.69) is 15.5 Å². The molecule has 3 atom stereocenters. The molecule has 178 valence electrons. The lowest BCUT2D eigenvalue weighted by Gasteiger charge is -2.49. The average molecular weight is 520 g/mol. The summed E-state index contributed by atoms with van der Waals surface area (Å²) in [5.41, 5.74) is 8.43. The maximum atomic E-state index is 12.9. The van der Waals surface area contributed by atoms with Crippen LogP contribution in [0.3, 0.4) is 0 Å². The first-order valence-corrected chi connectivity index (χ1v) is 13.3. The molecule has 4 N–H and O–H groups in total. The van der Waals surface area contributed by atoms with Gasteiger partial charge in [0.1, 0.15) is 33.9 Å². The van der Waals surface area contributed by atoms with E-state index >= 15 is 0 Å². The highest BCUT2D eigenvalue weighted by atomic mass is 32.2. The number of hydrogen-bond acceptors (Lipinski definition) is 10. The molecule has 3 aliphatic rings. The molecule has 0 radical (unpaired) electrons. The summed E-state index contributed by atoms with van der Waals surface area (Å²) >= 11 is 4.26. The van der Waals surface area contributed by atoms with Crippen LogP contribution in [0.5, 0.6) is 5.75 Å². The van der Waals surface area contributed by atoms with E-state index in [1.165, 1.54) is 39.8 Å². The smallest absolute Gasteiger partial charge is 0.352 e. The van der Waals surface area contributed by atoms with Gasteiger partial charge < -0.3 is 20.9 Å². The number of carbonyl (C=O) groups excluding carboxylic acids is 2. The van der Waals surface area contributed by atoms with E-state index < -0.39 is 35.2 Å². The van der Waals surface area contributed by atoms with E-state index in [0.717, 1.165) is 27.1 Å². The monoisotopic (exact) mass is 519 g/mol. The maximum absolute atomic E-state index is 12.9. The van der Waals surface area contributed by atoms with Gasteiger partial charge in [0, 0.05) is 17.9 Å². The van der Waals surface area contributed by atoms with Crippen molar-refractivity contribution in [1.29, 1.82) is 0 Å². The van der Waals surface area contributed by atoms with Crippen molar-refractivity contribution in [3.63, 3.8) is 0 Å². The maximum Gasteiger partial charge on any atom is 0.352 e. The number of fused-ring (bicyclic) bond motifs is 2. The summed E-state index contributed by atoms with van der Waals surface area (Å²) in [4.78, 5) is 39.0. The molecule has 1 saturated heterocycles. The molecule has 1 aromatic carbocycles. The van der Waals surface area contributed by atoms with Gasteiger partial charge in [0.05, 0.1) is 6.61 Å². The van der Waals surface area contributed by atoms with Crippen LogP contribution in [0.1, 0.15) is 22.2 Å². The van der Waals surface area contributed by atoms with Gasteiger partial charge in [-0.25, -0.2) is 4.79 Å². The highest BCUT2D eigenvalue weighted by molar-refractivity contribution is 8.01. The number of carboxylic acids is 1. The minimum absolute atomic E-state index is 0.0177. The largest absolute Gasteiger partial charge is 0.493 e. The number of nitrogens with zero attached hydrogens (tertiary/aromatic N) is 3. The molecule has 13 heteroatoms. The minimum atomic E-state index is -1.16. The molecule has 2 amide bonds. The highest BCUT2D eigenvalue weighted by Gasteiger charge is 2.54. The van der Waals surface area contributed by atoms with Gasteiger partial charge in [-0.15, -0.1) is 22.0 Å². The molecule has 0 bridgehead atoms. The lowest BCUT2D eigenvalue weighted by molar-refractivity contribution is -0.150. The number of carbonyl (C=O) groups is 3. The van der Waals surface area contributed by atoms with Gasteiger partial charge in [-0.3, -0.25) is 14.5 Å². The zero-order chi connectivity index (χ0) is 24.0. The fraction of sp³-hybridized carbons (Fsp3) is 0.381. The second kappa shape index (κ2) is 9.21. The molecule has 4 heterocycles. The SMILES string of the molecule is Cc1nnc(SCC2=C(C(=O)O)N3C(=O)C(NC(=O)[C@H](N)c4ccc5c(c4)CCO5)C3SC2)s1. The predicted octanol–water partition coefficient (Wildman–Crippen LogP) is 1.31. The van der Waals surface area contributed by atoms with Crippen LogP contribution in [0, 0.1) is 6.92 Å². The van der Waals surface area contributed by atoms with Gasteiger partial charge in [-0.05, 0) is 35.8 Å². The molecule has 3 aliphatic heterocycles. The Hall–Kier alpha value is -2.61. The Morgan fingerprint density at radius 3 is 2.97 bits per heavy atom. The normalized spacial score (nSPS) is 21.9. The van der Waals surface area contributed by atoms with Crippen molar-refractivity contribution in [2.75, 3.05) is 18.1 Å². The van der Waals surface area contributed by atoms with Gasteiger partial charge in [-0.2, -0.15) is 0 Å². The van der Waals surface area contributed by atoms with E-state index in [0.29, 0.717) is 29.2 Å². The first kappa shape index (κ1) is 23.1. The number of thioether (sulfide) groups is 2. The van der Waals surface area contributed by atoms with Gasteiger partial charge in [0.15, 0.2) is 4.34 Å². The number of nitrogens with one attached hydrogen (secondary N) is 1. The quantitative estimate of drug-likeness (QED) is 0.361. The van der Waals surface area contributed by atoms with Crippen molar-refractivity contribution in [3.05, 3.63) is 45.6 Å². The van der Waals surface area contributed by atoms with E-state index in [9.17, 15) is 19.5 Å². The number of aliphatic carboxylic acids is 1. The Kier molecular flexibility index (Phi) is 6.27. The van der Waals surface area contributed by atoms with E-state index in [4.69, 9.17) is 10.5 Å². The number of hydrogen-bond donors (Lipinski definition) is 3. The van der Waals surface area contributed by atoms with Gasteiger partial charge in [-0.1, -0.05) is 29.2 Å². The fourth-order valence-electron chi connectivity index (χ4n) is 4.07. The standard InChI is InChI=1S/C21H21N5O5S3/c1-9-24-25-21(34-9)33-8-12-7-32-19-15(18(28)26(19)16(12)20(29)30)23-17(27)14(22)11-2-3-13-10(6-11)4-5-31-13/h2-3,6,14-15,19H,4-5,7-8,22H2,1H3,(H,23,27)(H,29,30)/t14-,15?,19?/m1/s1. The third-order valence-corrected chi connectivity index (χ3v) is 9.18. The summed E-state index contributed by atoms with van der Waals surface area (Å²) in [6.07, 6.45) is 0.760. The van der Waals surface area contributed by atoms with E-state index in [1.807, 2.05) is 13.0 Å². The molecule has 0 spiro atoms. The molecule has 2 unspecified atom stereocenters. The van der Waals surface area contributed by atoms with Gasteiger partial charge >= 0.3 is 5.97 Å². The number of aromatic nitrogens is 2. The predicted molar refractivity (Wildman–Crippen MR) is 128 cm³/mol. The molecule has 0 saturated carbocycles. The van der Waals surface area contributed by atoms with Crippen molar-refractivity contribution < 1.29 is 24.2 Å². The van der Waals surface area contributed by atoms with E-state index in [1.54, 1.807) is 12.1 Å². The summed E-state index contributed by atoms with van der Waals surface area (Å²) in [5.74, 6) is -0.473. The van der Waals surface area contributed by atoms with E-state index in [-0.39, 0.29) is 5.70 Å². The number of benzene rings is 1. The zero-order valence-corrected chi connectivity index (χ0v) is 20.5. The number of rotatable bonds is 7. The highest BCUT2D eigenvalue weighted by Crippen LogP contribution is 2.42. The molecule has 34 heavy (non-hydrogen) atoms. The topological polar surface area (TPSA) is 148 Å². The van der Waals surface area contributed by atoms with Crippen molar-refractivity contribution in [2.24, 2.45) is 5.73 Å². The van der Waals surface area contributed by atoms with Crippen molar-refractivity contribution >= 4 is 52.6 Å². The van der Waals surface area contributed by atoms with Crippen molar-refractivity contribution in [3.8, 4) is 5.75 Å². The molecule has 1 aromatic heterocycles. The van der Waals surface area contributed by atoms with Crippen LogP contribution in [-0.2, 0) is 20.8 Å². The second-order valence-electron chi connectivity index (χ2n) is 7.97. The van der Waals surface area contributed by atoms with Crippen LogP contribution >= 0.6 is 34.9 Å². The summed E-state index contributed by atoms with van der Waals surface area (Å²) in [5, 5.41) is 20.9. The molecule has 0 aliphatic carbocycles. The van der Waals surface area contributed by atoms with Crippen molar-refractivity contribution in [1.82, 2.24) is 20.4 Å². The number of β-lactam (4-membered cyclic amide) rings is 1. The lowest BCUT2D eigenvalue weighted by atomic mass is 10.00. The van der Waals surface area contributed by atoms with Crippen molar-refractivity contribution in [2.45, 2.75) is 35.1 Å². The number of nitrogens with two attached hydrogens (primary N) is 1. The summed E-state index contributed by atoms with van der Waals surface area (Å²) < 4.78 is 6.23. The zero-order valence-electron chi connectivity index (χ0n) is 18.0. The van der Waals surface area contributed by atoms with Crippen LogP contribution in [0.4, 0.5) is 0 Å². The number of carboxylic acid groups (broad SMARTS) is 1. The Labute approximate surface area is 207 Å². The van der Waals surface area contributed by atoms with Crippen LogP contribution < -0.4 is 15.8 Å². The average Bonchev–Trinajstić information content (AvgIpc) is 3.47. The van der Waals surface area contributed by atoms with Crippen LogP contribution in [0.25, 0.3) is 0 Å². The second-order valence-corrected chi connectivity index (χ2v) is 11.5. The fourth-order valence-corrected chi connectivity index (χ4v) is 7.37. The van der Waals surface area contributed by atoms with Crippen LogP contribution in [-0.4, -0.2) is 67.5 Å². The lowest BCUT2D eigenvalue weighted by Crippen LogP contribution is -2.71. The molecule has 2 aromatic rings. The molecular formula is C21H21N5O5S3. The van der Waals surface area contributed by atoms with Crippen LogP contribution in [0.15, 0.2) is 33.8 Å². The Morgan fingerprint density at radius 1 is 1.41 bits per heavy atom. The first-order chi connectivity index (χ1) is 16.3. The molecule has 1 fully saturated rings. The van der Waals surface area contributed by atoms with Gasteiger partial charge in [0.25, 0.3) is 5.91 Å². The molecule has 10 nitrogen and oxygen atoms in total. The first-order valence-electron chi connectivity index (χ1n) is 10.5. The third-order valence-electron chi connectivity index (χ3n) is 5.78. The Morgan fingerprint density at radius 2 is 2.24 bits per heavy atom. The number of aryl methyl sites for hydroxylation is 1. The van der Waals surface area contributed by atoms with Gasteiger partial charge in [0.2, 0.25) is 5.91 Å².